The van der Waals surface area contributed by atoms with Crippen LogP contribution in [-0.4, -0.2) is 38.6 Å². The maximum Gasteiger partial charge on any atom is 0.279 e. The summed E-state index contributed by atoms with van der Waals surface area (Å²) in [7, 11) is 1.57. The van der Waals surface area contributed by atoms with Gasteiger partial charge in [-0.25, -0.2) is 0 Å². The lowest BCUT2D eigenvalue weighted by Gasteiger charge is -2.19. The largest absolute Gasteiger partial charge is 0.495 e. The van der Waals surface area contributed by atoms with Gasteiger partial charge in [-0.2, -0.15) is 0 Å². The predicted octanol–water partition coefficient (Wildman–Crippen LogP) is 1.98. The Morgan fingerprint density at radius 3 is 2.28 bits per heavy atom. The van der Waals surface area contributed by atoms with E-state index in [9.17, 15) is 9.59 Å². The van der Waals surface area contributed by atoms with Gasteiger partial charge < -0.3 is 20.3 Å². The Labute approximate surface area is 173 Å². The van der Waals surface area contributed by atoms with Crippen LogP contribution in [-0.2, 0) is 16.0 Å². The molecular weight excluding hydrogens is 366 g/mol. The van der Waals surface area contributed by atoms with Crippen LogP contribution in [0.25, 0.3) is 0 Å². The molecule has 0 fully saturated rings. The summed E-state index contributed by atoms with van der Waals surface area (Å²) < 4.78 is 5.26. The van der Waals surface area contributed by atoms with Crippen molar-refractivity contribution in [2.24, 2.45) is 0 Å². The van der Waals surface area contributed by atoms with E-state index < -0.39 is 0 Å². The number of rotatable bonds is 10. The number of anilines is 1. The van der Waals surface area contributed by atoms with E-state index in [1.165, 1.54) is 5.56 Å². The number of benzene rings is 2. The second-order valence-electron chi connectivity index (χ2n) is 7.09. The van der Waals surface area contributed by atoms with E-state index in [1.807, 2.05) is 26.0 Å². The molecule has 6 nitrogen and oxygen atoms in total. The van der Waals surface area contributed by atoms with Gasteiger partial charge in [-0.05, 0) is 43.5 Å². The number of likely N-dealkylation sites (N-methyl/N-ethyl adjacent to an activating group) is 1. The van der Waals surface area contributed by atoms with Gasteiger partial charge in [-0.1, -0.05) is 43.3 Å². The molecule has 6 heteroatoms. The first-order valence-corrected chi connectivity index (χ1v) is 10.1. The van der Waals surface area contributed by atoms with Gasteiger partial charge in [0.15, 0.2) is 13.1 Å². The number of aryl methyl sites for hydroxylation is 1. The summed E-state index contributed by atoms with van der Waals surface area (Å²) in [6.07, 6.45) is 0.993. The Morgan fingerprint density at radius 1 is 1.00 bits per heavy atom. The second kappa shape index (κ2) is 11.2. The van der Waals surface area contributed by atoms with Crippen molar-refractivity contribution in [3.05, 3.63) is 59.7 Å². The van der Waals surface area contributed by atoms with Gasteiger partial charge in [0.2, 0.25) is 0 Å². The summed E-state index contributed by atoms with van der Waals surface area (Å²) in [6, 6.07) is 15.5. The number of quaternary nitrogens is 1. The molecule has 0 aliphatic heterocycles. The lowest BCUT2D eigenvalue weighted by Crippen LogP contribution is -3.14. The second-order valence-corrected chi connectivity index (χ2v) is 7.09. The molecule has 3 N–H and O–H groups in total. The SMILES string of the molecule is CCc1ccc([C@H](C)NC(=O)C[NH+](CC)CC(=O)Nc2ccccc2OC)cc1. The van der Waals surface area contributed by atoms with Crippen LogP contribution in [0, 0.1) is 0 Å². The quantitative estimate of drug-likeness (QED) is 0.573. The van der Waals surface area contributed by atoms with Crippen LogP contribution in [0.5, 0.6) is 5.75 Å². The molecule has 29 heavy (non-hydrogen) atoms. The van der Waals surface area contributed by atoms with Gasteiger partial charge in [-0.15, -0.1) is 0 Å². The minimum atomic E-state index is -0.151. The maximum atomic E-state index is 12.5. The molecule has 0 aliphatic carbocycles. The molecule has 0 heterocycles. The fourth-order valence-electron chi connectivity index (χ4n) is 3.13. The summed E-state index contributed by atoms with van der Waals surface area (Å²) in [4.78, 5) is 25.8. The molecular formula is C23H32N3O3+. The summed E-state index contributed by atoms with van der Waals surface area (Å²) in [5.41, 5.74) is 2.97. The van der Waals surface area contributed by atoms with Crippen molar-refractivity contribution in [3.63, 3.8) is 0 Å². The molecule has 0 aromatic heterocycles. The third-order valence-corrected chi connectivity index (χ3v) is 4.97. The topological polar surface area (TPSA) is 71.9 Å². The van der Waals surface area contributed by atoms with Crippen molar-refractivity contribution < 1.29 is 19.2 Å². The summed E-state index contributed by atoms with van der Waals surface area (Å²) >= 11 is 0. The minimum absolute atomic E-state index is 0.0704. The number of nitrogens with one attached hydrogen (secondary N) is 3. The third-order valence-electron chi connectivity index (χ3n) is 4.97. The highest BCUT2D eigenvalue weighted by Crippen LogP contribution is 2.22. The van der Waals surface area contributed by atoms with Crippen LogP contribution in [0.15, 0.2) is 48.5 Å². The highest BCUT2D eigenvalue weighted by Gasteiger charge is 2.19. The molecule has 2 amide bonds. The van der Waals surface area contributed by atoms with Crippen LogP contribution in [0.3, 0.4) is 0 Å². The van der Waals surface area contributed by atoms with E-state index in [0.717, 1.165) is 16.9 Å². The van der Waals surface area contributed by atoms with Gasteiger partial charge in [0.25, 0.3) is 11.8 Å². The van der Waals surface area contributed by atoms with Crippen molar-refractivity contribution in [3.8, 4) is 5.75 Å². The molecule has 2 rings (SSSR count). The minimum Gasteiger partial charge on any atom is -0.495 e. The summed E-state index contributed by atoms with van der Waals surface area (Å²) in [5, 5.41) is 5.89. The van der Waals surface area contributed by atoms with Crippen LogP contribution in [0.4, 0.5) is 5.69 Å². The average molecular weight is 399 g/mol. The Balaban J connectivity index is 1.87. The number of carbonyl (C=O) groups excluding carboxylic acids is 2. The average Bonchev–Trinajstić information content (AvgIpc) is 2.73. The number of amides is 2. The first-order chi connectivity index (χ1) is 14.0. The fourth-order valence-corrected chi connectivity index (χ4v) is 3.13. The molecule has 0 radical (unpaired) electrons. The Hall–Kier alpha value is -2.86. The monoisotopic (exact) mass is 398 g/mol. The van der Waals surface area contributed by atoms with Crippen LogP contribution >= 0.6 is 0 Å². The molecule has 2 aromatic rings. The Bertz CT molecular complexity index is 805. The lowest BCUT2D eigenvalue weighted by atomic mass is 10.1. The molecule has 0 aliphatic rings. The zero-order chi connectivity index (χ0) is 21.2. The standard InChI is InChI=1S/C23H31N3O3/c1-5-18-11-13-19(14-12-18)17(3)24-22(27)15-26(6-2)16-23(28)25-20-9-7-8-10-21(20)29-4/h7-14,17H,5-6,15-16H2,1-4H3,(H,24,27)(H,25,28)/p+1/t17-/m0/s1. The van der Waals surface area contributed by atoms with Crippen LogP contribution in [0.2, 0.25) is 0 Å². The highest BCUT2D eigenvalue weighted by molar-refractivity contribution is 5.93. The van der Waals surface area contributed by atoms with Crippen molar-refractivity contribution >= 4 is 17.5 Å². The van der Waals surface area contributed by atoms with E-state index in [0.29, 0.717) is 18.0 Å². The number of methoxy groups -OCH3 is 1. The fraction of sp³-hybridized carbons (Fsp3) is 0.391. The Kier molecular flexibility index (Phi) is 8.68. The van der Waals surface area contributed by atoms with E-state index in [1.54, 1.807) is 19.2 Å². The van der Waals surface area contributed by atoms with Gasteiger partial charge in [0.05, 0.1) is 25.4 Å². The highest BCUT2D eigenvalue weighted by atomic mass is 16.5. The zero-order valence-electron chi connectivity index (χ0n) is 17.7. The molecule has 156 valence electrons. The van der Waals surface area contributed by atoms with E-state index >= 15 is 0 Å². The first-order valence-electron chi connectivity index (χ1n) is 10.1. The smallest absolute Gasteiger partial charge is 0.279 e. The van der Waals surface area contributed by atoms with Crippen molar-refractivity contribution in [2.45, 2.75) is 33.2 Å². The number of hydrogen-bond acceptors (Lipinski definition) is 3. The van der Waals surface area contributed by atoms with Gasteiger partial charge in [-0.3, -0.25) is 9.59 Å². The summed E-state index contributed by atoms with van der Waals surface area (Å²) in [6.45, 7) is 7.18. The number of carbonyl (C=O) groups is 2. The predicted molar refractivity (Wildman–Crippen MR) is 115 cm³/mol. The molecule has 0 bridgehead atoms. The third kappa shape index (κ3) is 6.91. The zero-order valence-corrected chi connectivity index (χ0v) is 17.7. The molecule has 0 spiro atoms. The van der Waals surface area contributed by atoms with Crippen LogP contribution in [0.1, 0.15) is 37.9 Å². The molecule has 1 unspecified atom stereocenters. The molecule has 2 atom stereocenters. The van der Waals surface area contributed by atoms with Crippen molar-refractivity contribution in [2.75, 3.05) is 32.1 Å². The van der Waals surface area contributed by atoms with E-state index in [4.69, 9.17) is 4.74 Å². The first kappa shape index (κ1) is 22.4. The summed E-state index contributed by atoms with van der Waals surface area (Å²) in [5.74, 6) is 0.390. The van der Waals surface area contributed by atoms with Gasteiger partial charge in [0, 0.05) is 0 Å². The van der Waals surface area contributed by atoms with Gasteiger partial charge in [0.1, 0.15) is 5.75 Å². The van der Waals surface area contributed by atoms with Gasteiger partial charge >= 0.3 is 0 Å². The van der Waals surface area contributed by atoms with E-state index in [2.05, 4.69) is 41.8 Å². The molecule has 0 saturated heterocycles. The van der Waals surface area contributed by atoms with Crippen LogP contribution < -0.4 is 20.3 Å². The van der Waals surface area contributed by atoms with Crippen molar-refractivity contribution in [1.82, 2.24) is 5.32 Å². The van der Waals surface area contributed by atoms with E-state index in [-0.39, 0.29) is 30.9 Å². The number of ether oxygens (including phenoxy) is 1. The number of para-hydroxylation sites is 2. The normalized spacial score (nSPS) is 12.7. The maximum absolute atomic E-state index is 12.5. The lowest BCUT2D eigenvalue weighted by molar-refractivity contribution is -0.881. The van der Waals surface area contributed by atoms with Crippen molar-refractivity contribution in [1.29, 1.82) is 0 Å². The molecule has 0 saturated carbocycles. The number of hydrogen-bond donors (Lipinski definition) is 3. The molecule has 2 aromatic carbocycles. The Morgan fingerprint density at radius 2 is 1.66 bits per heavy atom.